The Labute approximate surface area is 110 Å². The highest BCUT2D eigenvalue weighted by molar-refractivity contribution is 5.32. The van der Waals surface area contributed by atoms with Crippen LogP contribution >= 0.6 is 0 Å². The molecule has 102 valence electrons. The summed E-state index contributed by atoms with van der Waals surface area (Å²) in [7, 11) is 0. The van der Waals surface area contributed by atoms with E-state index in [0.717, 1.165) is 37.6 Å². The van der Waals surface area contributed by atoms with Crippen LogP contribution < -0.4 is 14.8 Å². The first-order valence-corrected chi connectivity index (χ1v) is 6.78. The Morgan fingerprint density at radius 3 is 2.39 bits per heavy atom. The molecule has 3 heteroatoms. The van der Waals surface area contributed by atoms with E-state index in [1.807, 2.05) is 24.3 Å². The van der Waals surface area contributed by atoms with Gasteiger partial charge in [0.05, 0.1) is 6.61 Å². The van der Waals surface area contributed by atoms with Gasteiger partial charge in [-0.05, 0) is 31.0 Å². The van der Waals surface area contributed by atoms with Crippen molar-refractivity contribution in [1.82, 2.24) is 5.32 Å². The summed E-state index contributed by atoms with van der Waals surface area (Å²) < 4.78 is 11.2. The fourth-order valence-corrected chi connectivity index (χ4v) is 1.51. The summed E-state index contributed by atoms with van der Waals surface area (Å²) in [6, 6.07) is 7.82. The van der Waals surface area contributed by atoms with Gasteiger partial charge in [-0.2, -0.15) is 0 Å². The van der Waals surface area contributed by atoms with Crippen LogP contribution in [0.15, 0.2) is 24.3 Å². The van der Waals surface area contributed by atoms with Gasteiger partial charge in [-0.3, -0.25) is 0 Å². The van der Waals surface area contributed by atoms with E-state index in [1.165, 1.54) is 0 Å². The normalized spacial score (nSPS) is 10.7. The number of hydrogen-bond donors (Lipinski definition) is 1. The second-order valence-electron chi connectivity index (χ2n) is 4.77. The topological polar surface area (TPSA) is 30.5 Å². The van der Waals surface area contributed by atoms with Crippen LogP contribution in [0.2, 0.25) is 0 Å². The zero-order valence-electron chi connectivity index (χ0n) is 11.7. The predicted octanol–water partition coefficient (Wildman–Crippen LogP) is 3.10. The largest absolute Gasteiger partial charge is 0.493 e. The van der Waals surface area contributed by atoms with Gasteiger partial charge in [0.25, 0.3) is 0 Å². The van der Waals surface area contributed by atoms with Crippen LogP contribution in [0.4, 0.5) is 0 Å². The van der Waals surface area contributed by atoms with Gasteiger partial charge in [-0.1, -0.05) is 26.8 Å². The lowest BCUT2D eigenvalue weighted by Gasteiger charge is -2.10. The van der Waals surface area contributed by atoms with E-state index in [-0.39, 0.29) is 0 Å². The summed E-state index contributed by atoms with van der Waals surface area (Å²) in [5.41, 5.74) is 0. The van der Waals surface area contributed by atoms with E-state index in [2.05, 4.69) is 26.1 Å². The molecule has 0 aliphatic heterocycles. The van der Waals surface area contributed by atoms with E-state index in [9.17, 15) is 0 Å². The number of rotatable bonds is 9. The van der Waals surface area contributed by atoms with E-state index < -0.39 is 0 Å². The van der Waals surface area contributed by atoms with Crippen molar-refractivity contribution in [3.63, 3.8) is 0 Å². The minimum atomic E-state index is 0.677. The number of ether oxygens (including phenoxy) is 2. The molecular weight excluding hydrogens is 226 g/mol. The van der Waals surface area contributed by atoms with Gasteiger partial charge in [0.1, 0.15) is 18.1 Å². The lowest BCUT2D eigenvalue weighted by molar-refractivity contribution is 0.298. The predicted molar refractivity (Wildman–Crippen MR) is 75.4 cm³/mol. The van der Waals surface area contributed by atoms with Gasteiger partial charge in [-0.25, -0.2) is 0 Å². The molecule has 0 fully saturated rings. The smallest absolute Gasteiger partial charge is 0.123 e. The zero-order chi connectivity index (χ0) is 13.2. The summed E-state index contributed by atoms with van der Waals surface area (Å²) in [5.74, 6) is 2.43. The molecule has 0 atom stereocenters. The Bertz CT molecular complexity index is 326. The summed E-state index contributed by atoms with van der Waals surface area (Å²) in [4.78, 5) is 0. The number of benzene rings is 1. The quantitative estimate of drug-likeness (QED) is 0.684. The lowest BCUT2D eigenvalue weighted by atomic mass is 10.2. The molecule has 0 bridgehead atoms. The van der Waals surface area contributed by atoms with Gasteiger partial charge in [0.2, 0.25) is 0 Å². The van der Waals surface area contributed by atoms with Gasteiger partial charge in [0.15, 0.2) is 0 Å². The van der Waals surface area contributed by atoms with Gasteiger partial charge < -0.3 is 14.8 Å². The van der Waals surface area contributed by atoms with Crippen LogP contribution in [0, 0.1) is 5.92 Å². The van der Waals surface area contributed by atoms with E-state index in [4.69, 9.17) is 9.47 Å². The maximum Gasteiger partial charge on any atom is 0.123 e. The van der Waals surface area contributed by atoms with E-state index in [1.54, 1.807) is 0 Å². The highest BCUT2D eigenvalue weighted by Gasteiger charge is 1.98. The molecule has 0 aliphatic carbocycles. The van der Waals surface area contributed by atoms with Crippen molar-refractivity contribution >= 4 is 0 Å². The van der Waals surface area contributed by atoms with Gasteiger partial charge in [0, 0.05) is 12.6 Å². The van der Waals surface area contributed by atoms with Crippen LogP contribution in [-0.2, 0) is 0 Å². The van der Waals surface area contributed by atoms with Crippen molar-refractivity contribution in [2.75, 3.05) is 26.3 Å². The Kier molecular flexibility index (Phi) is 7.26. The SMILES string of the molecule is CCCOc1cccc(OCCNCC(C)C)c1. The Balaban J connectivity index is 2.24. The minimum absolute atomic E-state index is 0.677. The maximum absolute atomic E-state index is 5.67. The van der Waals surface area contributed by atoms with Crippen molar-refractivity contribution < 1.29 is 9.47 Å². The molecule has 0 unspecified atom stereocenters. The second kappa shape index (κ2) is 8.81. The third-order valence-electron chi connectivity index (χ3n) is 2.38. The average molecular weight is 251 g/mol. The Morgan fingerprint density at radius 1 is 1.11 bits per heavy atom. The second-order valence-corrected chi connectivity index (χ2v) is 4.77. The maximum atomic E-state index is 5.67. The third kappa shape index (κ3) is 6.50. The molecule has 0 spiro atoms. The van der Waals surface area contributed by atoms with Gasteiger partial charge in [-0.15, -0.1) is 0 Å². The summed E-state index contributed by atoms with van der Waals surface area (Å²) >= 11 is 0. The molecule has 0 aromatic heterocycles. The molecule has 0 aliphatic rings. The van der Waals surface area contributed by atoms with E-state index >= 15 is 0 Å². The first-order valence-electron chi connectivity index (χ1n) is 6.78. The Morgan fingerprint density at radius 2 is 1.78 bits per heavy atom. The van der Waals surface area contributed by atoms with E-state index in [0.29, 0.717) is 12.5 Å². The molecular formula is C15H25NO2. The van der Waals surface area contributed by atoms with Crippen molar-refractivity contribution in [3.05, 3.63) is 24.3 Å². The average Bonchev–Trinajstić information content (AvgIpc) is 2.36. The van der Waals surface area contributed by atoms with Gasteiger partial charge >= 0.3 is 0 Å². The molecule has 0 saturated heterocycles. The van der Waals surface area contributed by atoms with Crippen LogP contribution in [0.1, 0.15) is 27.2 Å². The van der Waals surface area contributed by atoms with Crippen LogP contribution in [0.5, 0.6) is 11.5 Å². The molecule has 1 aromatic rings. The van der Waals surface area contributed by atoms with Crippen LogP contribution in [0.3, 0.4) is 0 Å². The molecule has 1 N–H and O–H groups in total. The first-order chi connectivity index (χ1) is 8.72. The number of nitrogens with one attached hydrogen (secondary N) is 1. The molecule has 18 heavy (non-hydrogen) atoms. The molecule has 0 amide bonds. The molecule has 0 radical (unpaired) electrons. The Hall–Kier alpha value is -1.22. The molecule has 1 aromatic carbocycles. The van der Waals surface area contributed by atoms with Crippen LogP contribution in [0.25, 0.3) is 0 Å². The fraction of sp³-hybridized carbons (Fsp3) is 0.600. The minimum Gasteiger partial charge on any atom is -0.493 e. The third-order valence-corrected chi connectivity index (χ3v) is 2.38. The number of hydrogen-bond acceptors (Lipinski definition) is 3. The molecule has 0 heterocycles. The molecule has 1 rings (SSSR count). The first kappa shape index (κ1) is 14.8. The highest BCUT2D eigenvalue weighted by atomic mass is 16.5. The fourth-order valence-electron chi connectivity index (χ4n) is 1.51. The molecule has 0 saturated carbocycles. The van der Waals surface area contributed by atoms with Crippen LogP contribution in [-0.4, -0.2) is 26.3 Å². The lowest BCUT2D eigenvalue weighted by Crippen LogP contribution is -2.24. The monoisotopic (exact) mass is 251 g/mol. The summed E-state index contributed by atoms with van der Waals surface area (Å²) in [6.45, 7) is 9.83. The highest BCUT2D eigenvalue weighted by Crippen LogP contribution is 2.19. The van der Waals surface area contributed by atoms with Crippen molar-refractivity contribution in [3.8, 4) is 11.5 Å². The van der Waals surface area contributed by atoms with Crippen molar-refractivity contribution in [2.45, 2.75) is 27.2 Å². The van der Waals surface area contributed by atoms with Crippen molar-refractivity contribution in [1.29, 1.82) is 0 Å². The summed E-state index contributed by atoms with van der Waals surface area (Å²) in [5, 5.41) is 3.35. The standard InChI is InChI=1S/C15H25NO2/c1-4-9-17-14-6-5-7-15(11-14)18-10-8-16-12-13(2)3/h5-7,11,13,16H,4,8-10,12H2,1-3H3. The molecule has 3 nitrogen and oxygen atoms in total. The summed E-state index contributed by atoms with van der Waals surface area (Å²) in [6.07, 6.45) is 1.02. The zero-order valence-corrected chi connectivity index (χ0v) is 11.7. The van der Waals surface area contributed by atoms with Crippen molar-refractivity contribution in [2.24, 2.45) is 5.92 Å².